The summed E-state index contributed by atoms with van der Waals surface area (Å²) in [6, 6.07) is 8.97. The Morgan fingerprint density at radius 1 is 1.22 bits per heavy atom. The summed E-state index contributed by atoms with van der Waals surface area (Å²) in [5.74, 6) is -1.21. The van der Waals surface area contributed by atoms with Gasteiger partial charge >= 0.3 is 0 Å². The van der Waals surface area contributed by atoms with E-state index in [1.165, 1.54) is 18.3 Å². The van der Waals surface area contributed by atoms with Crippen molar-refractivity contribution in [3.8, 4) is 0 Å². The quantitative estimate of drug-likeness (QED) is 0.434. The number of benzene rings is 2. The van der Waals surface area contributed by atoms with E-state index in [0.29, 0.717) is 21.2 Å². The molecule has 0 atom stereocenters. The number of nitro benzene ring substituents is 1. The maximum absolute atomic E-state index is 12.0. The summed E-state index contributed by atoms with van der Waals surface area (Å²) >= 11 is 11.9. The van der Waals surface area contributed by atoms with Gasteiger partial charge in [-0.05, 0) is 25.1 Å². The molecule has 0 aromatic heterocycles. The third-order valence-electron chi connectivity index (χ3n) is 3.46. The van der Waals surface area contributed by atoms with Gasteiger partial charge in [0.15, 0.2) is 0 Å². The van der Waals surface area contributed by atoms with Crippen LogP contribution in [0.3, 0.4) is 0 Å². The van der Waals surface area contributed by atoms with E-state index in [1.54, 1.807) is 25.1 Å². The van der Waals surface area contributed by atoms with E-state index in [-0.39, 0.29) is 17.8 Å². The van der Waals surface area contributed by atoms with Crippen LogP contribution in [0.5, 0.6) is 0 Å². The zero-order valence-corrected chi connectivity index (χ0v) is 15.5. The average Bonchev–Trinajstić information content (AvgIpc) is 2.62. The highest BCUT2D eigenvalue weighted by atomic mass is 35.5. The molecule has 0 saturated heterocycles. The molecular weight excluding hydrogens is 395 g/mol. The fourth-order valence-corrected chi connectivity index (χ4v) is 2.55. The lowest BCUT2D eigenvalue weighted by molar-refractivity contribution is -0.385. The molecular formula is C17H14Cl2N4O4. The van der Waals surface area contributed by atoms with E-state index in [9.17, 15) is 19.7 Å². The van der Waals surface area contributed by atoms with Crippen molar-refractivity contribution in [3.63, 3.8) is 0 Å². The molecule has 27 heavy (non-hydrogen) atoms. The number of halogens is 2. The molecule has 0 spiro atoms. The zero-order chi connectivity index (χ0) is 20.0. The summed E-state index contributed by atoms with van der Waals surface area (Å²) in [4.78, 5) is 34.1. The topological polar surface area (TPSA) is 114 Å². The highest BCUT2D eigenvalue weighted by Gasteiger charge is 2.15. The van der Waals surface area contributed by atoms with Crippen molar-refractivity contribution in [2.45, 2.75) is 6.92 Å². The van der Waals surface area contributed by atoms with Crippen molar-refractivity contribution in [2.24, 2.45) is 5.10 Å². The molecule has 0 fully saturated rings. The number of hydrogen-bond acceptors (Lipinski definition) is 5. The summed E-state index contributed by atoms with van der Waals surface area (Å²) in [7, 11) is 0. The Hall–Kier alpha value is -2.97. The molecule has 140 valence electrons. The summed E-state index contributed by atoms with van der Waals surface area (Å²) in [5.41, 5.74) is 3.00. The van der Waals surface area contributed by atoms with E-state index in [2.05, 4.69) is 15.8 Å². The minimum absolute atomic E-state index is 0.0754. The average molecular weight is 409 g/mol. The van der Waals surface area contributed by atoms with Gasteiger partial charge in [-0.25, -0.2) is 5.43 Å². The molecule has 0 aliphatic rings. The first-order chi connectivity index (χ1) is 12.8. The number of hydrazone groups is 1. The summed E-state index contributed by atoms with van der Waals surface area (Å²) in [5, 5.41) is 17.7. The second-order valence-electron chi connectivity index (χ2n) is 5.37. The Morgan fingerprint density at radius 2 is 1.89 bits per heavy atom. The van der Waals surface area contributed by atoms with E-state index in [1.807, 2.05) is 0 Å². The van der Waals surface area contributed by atoms with Crippen LogP contribution in [0, 0.1) is 17.0 Å². The molecule has 10 heteroatoms. The fourth-order valence-electron chi connectivity index (χ4n) is 2.05. The SMILES string of the molecule is Cc1ccc(C(=O)NCC(=O)N/N=C\c2c(Cl)cccc2Cl)cc1[N+](=O)[O-]. The second-order valence-corrected chi connectivity index (χ2v) is 6.18. The molecule has 0 aliphatic heterocycles. The van der Waals surface area contributed by atoms with Gasteiger partial charge in [0.05, 0.1) is 27.7 Å². The van der Waals surface area contributed by atoms with Crippen LogP contribution in [-0.4, -0.2) is 29.5 Å². The standard InChI is InChI=1S/C17H14Cl2N4O4/c1-10-5-6-11(7-15(10)23(26)27)17(25)20-9-16(24)22-21-8-12-13(18)3-2-4-14(12)19/h2-8H,9H2,1H3,(H,20,25)(H,22,24)/b21-8-. The number of nitro groups is 1. The van der Waals surface area contributed by atoms with Gasteiger partial charge in [0.2, 0.25) is 0 Å². The third kappa shape index (κ3) is 5.50. The number of nitrogens with zero attached hydrogens (tertiary/aromatic N) is 2. The first-order valence-electron chi connectivity index (χ1n) is 7.58. The van der Waals surface area contributed by atoms with Gasteiger partial charge in [0, 0.05) is 22.8 Å². The van der Waals surface area contributed by atoms with Crippen molar-refractivity contribution >= 4 is 46.9 Å². The van der Waals surface area contributed by atoms with Crippen molar-refractivity contribution in [2.75, 3.05) is 6.54 Å². The van der Waals surface area contributed by atoms with Gasteiger partial charge in [-0.15, -0.1) is 0 Å². The lowest BCUT2D eigenvalue weighted by Crippen LogP contribution is -2.34. The molecule has 8 nitrogen and oxygen atoms in total. The summed E-state index contributed by atoms with van der Waals surface area (Å²) < 4.78 is 0. The van der Waals surface area contributed by atoms with Crippen LogP contribution in [0.15, 0.2) is 41.5 Å². The largest absolute Gasteiger partial charge is 0.343 e. The number of amides is 2. The van der Waals surface area contributed by atoms with E-state index >= 15 is 0 Å². The molecule has 2 N–H and O–H groups in total. The van der Waals surface area contributed by atoms with E-state index in [0.717, 1.165) is 6.07 Å². The van der Waals surface area contributed by atoms with Crippen LogP contribution in [0.25, 0.3) is 0 Å². The van der Waals surface area contributed by atoms with Gasteiger partial charge in [-0.1, -0.05) is 35.3 Å². The molecule has 0 bridgehead atoms. The first kappa shape index (κ1) is 20.3. The summed E-state index contributed by atoms with van der Waals surface area (Å²) in [6.07, 6.45) is 1.29. The summed E-state index contributed by atoms with van der Waals surface area (Å²) in [6.45, 7) is 1.20. The fraction of sp³-hybridized carbons (Fsp3) is 0.118. The molecule has 2 rings (SSSR count). The molecule has 2 aromatic rings. The smallest absolute Gasteiger partial charge is 0.273 e. The Labute approximate surface area is 164 Å². The van der Waals surface area contributed by atoms with Crippen LogP contribution in [0.1, 0.15) is 21.5 Å². The van der Waals surface area contributed by atoms with Gasteiger partial charge in [-0.2, -0.15) is 5.10 Å². The highest BCUT2D eigenvalue weighted by molar-refractivity contribution is 6.38. The second kappa shape index (κ2) is 9.11. The van der Waals surface area contributed by atoms with Gasteiger partial charge < -0.3 is 5.32 Å². The van der Waals surface area contributed by atoms with Gasteiger partial charge in [0.1, 0.15) is 0 Å². The van der Waals surface area contributed by atoms with Crippen LogP contribution in [-0.2, 0) is 4.79 Å². The maximum Gasteiger partial charge on any atom is 0.273 e. The number of nitrogens with one attached hydrogen (secondary N) is 2. The van der Waals surface area contributed by atoms with Crippen LogP contribution in [0.4, 0.5) is 5.69 Å². The predicted molar refractivity (Wildman–Crippen MR) is 102 cm³/mol. The van der Waals surface area contributed by atoms with Crippen molar-refractivity contribution in [1.82, 2.24) is 10.7 Å². The number of carbonyl (C=O) groups excluding carboxylic acids is 2. The maximum atomic E-state index is 12.0. The Bertz CT molecular complexity index is 911. The van der Waals surface area contributed by atoms with Crippen LogP contribution in [0.2, 0.25) is 10.0 Å². The van der Waals surface area contributed by atoms with E-state index < -0.39 is 16.7 Å². The lowest BCUT2D eigenvalue weighted by atomic mass is 10.1. The van der Waals surface area contributed by atoms with Crippen molar-refractivity contribution in [1.29, 1.82) is 0 Å². The number of aryl methyl sites for hydroxylation is 1. The molecule has 0 unspecified atom stereocenters. The third-order valence-corrected chi connectivity index (χ3v) is 4.12. The van der Waals surface area contributed by atoms with E-state index in [4.69, 9.17) is 23.2 Å². The lowest BCUT2D eigenvalue weighted by Gasteiger charge is -2.05. The predicted octanol–water partition coefficient (Wildman–Crippen LogP) is 3.09. The van der Waals surface area contributed by atoms with Crippen LogP contribution < -0.4 is 10.7 Å². The monoisotopic (exact) mass is 408 g/mol. The molecule has 0 saturated carbocycles. The molecule has 0 heterocycles. The Morgan fingerprint density at radius 3 is 2.52 bits per heavy atom. The Kier molecular flexibility index (Phi) is 6.86. The molecule has 0 radical (unpaired) electrons. The number of hydrogen-bond donors (Lipinski definition) is 2. The number of rotatable bonds is 6. The number of carbonyl (C=O) groups is 2. The van der Waals surface area contributed by atoms with Crippen LogP contribution >= 0.6 is 23.2 Å². The molecule has 0 aliphatic carbocycles. The van der Waals surface area contributed by atoms with Gasteiger partial charge in [-0.3, -0.25) is 19.7 Å². The minimum Gasteiger partial charge on any atom is -0.343 e. The van der Waals surface area contributed by atoms with Crippen molar-refractivity contribution < 1.29 is 14.5 Å². The zero-order valence-electron chi connectivity index (χ0n) is 14.0. The molecule has 2 aromatic carbocycles. The highest BCUT2D eigenvalue weighted by Crippen LogP contribution is 2.22. The minimum atomic E-state index is -0.619. The first-order valence-corrected chi connectivity index (χ1v) is 8.34. The van der Waals surface area contributed by atoms with Crippen molar-refractivity contribution in [3.05, 3.63) is 73.2 Å². The Balaban J connectivity index is 1.92. The van der Waals surface area contributed by atoms with Gasteiger partial charge in [0.25, 0.3) is 17.5 Å². The molecule has 2 amide bonds. The normalized spacial score (nSPS) is 10.6.